The van der Waals surface area contributed by atoms with Crippen molar-refractivity contribution in [3.05, 3.63) is 60.8 Å². The fraction of sp³-hybridized carbons (Fsp3) is 0.755. The molecule has 0 aromatic rings. The smallest absolute Gasteiger partial charge is 0.306 e. The van der Waals surface area contributed by atoms with Crippen molar-refractivity contribution >= 4 is 17.9 Å². The summed E-state index contributed by atoms with van der Waals surface area (Å²) in [5.41, 5.74) is 0. The highest BCUT2D eigenvalue weighted by molar-refractivity contribution is 5.71. The number of rotatable bonds is 44. The minimum Gasteiger partial charge on any atom is -0.462 e. The van der Waals surface area contributed by atoms with Crippen LogP contribution in [0.1, 0.15) is 239 Å². The molecule has 1 atom stereocenters. The van der Waals surface area contributed by atoms with Crippen LogP contribution in [0.2, 0.25) is 0 Å². The third-order valence-electron chi connectivity index (χ3n) is 10.5. The molecular formula is C53H92O6. The van der Waals surface area contributed by atoms with Gasteiger partial charge in [-0.05, 0) is 64.2 Å². The lowest BCUT2D eigenvalue weighted by Crippen LogP contribution is -2.30. The van der Waals surface area contributed by atoms with Gasteiger partial charge in [0.05, 0.1) is 0 Å². The molecule has 0 aromatic carbocycles. The first-order chi connectivity index (χ1) is 29.0. The molecule has 0 aliphatic heterocycles. The molecule has 0 aliphatic carbocycles. The number of allylic oxidation sites excluding steroid dienone is 10. The zero-order chi connectivity index (χ0) is 43.0. The summed E-state index contributed by atoms with van der Waals surface area (Å²) in [6.07, 6.45) is 57.8. The Kier molecular flexibility index (Phi) is 45.4. The van der Waals surface area contributed by atoms with E-state index in [0.717, 1.165) is 96.3 Å². The molecular weight excluding hydrogens is 733 g/mol. The first-order valence-electron chi connectivity index (χ1n) is 24.8. The molecule has 0 fully saturated rings. The van der Waals surface area contributed by atoms with Crippen LogP contribution in [0.25, 0.3) is 0 Å². The second kappa shape index (κ2) is 47.8. The maximum Gasteiger partial charge on any atom is 0.306 e. The number of hydrogen-bond donors (Lipinski definition) is 0. The Bertz CT molecular complexity index is 1090. The first kappa shape index (κ1) is 56.1. The summed E-state index contributed by atoms with van der Waals surface area (Å²) in [5, 5.41) is 0. The van der Waals surface area contributed by atoms with E-state index in [-0.39, 0.29) is 31.1 Å². The number of unbranched alkanes of at least 4 members (excludes halogenated alkanes) is 23. The van der Waals surface area contributed by atoms with E-state index in [1.807, 2.05) is 0 Å². The summed E-state index contributed by atoms with van der Waals surface area (Å²) in [7, 11) is 0. The monoisotopic (exact) mass is 825 g/mol. The molecule has 6 heteroatoms. The lowest BCUT2D eigenvalue weighted by Gasteiger charge is -2.18. The number of esters is 3. The maximum atomic E-state index is 12.7. The predicted octanol–water partition coefficient (Wildman–Crippen LogP) is 16.1. The van der Waals surface area contributed by atoms with Gasteiger partial charge in [0.25, 0.3) is 0 Å². The van der Waals surface area contributed by atoms with Gasteiger partial charge in [0.1, 0.15) is 13.2 Å². The van der Waals surface area contributed by atoms with Gasteiger partial charge in [-0.2, -0.15) is 0 Å². The van der Waals surface area contributed by atoms with E-state index >= 15 is 0 Å². The molecule has 0 spiro atoms. The Balaban J connectivity index is 4.37. The van der Waals surface area contributed by atoms with Crippen molar-refractivity contribution in [3.63, 3.8) is 0 Å². The lowest BCUT2D eigenvalue weighted by molar-refractivity contribution is -0.167. The molecule has 0 N–H and O–H groups in total. The average molecular weight is 825 g/mol. The van der Waals surface area contributed by atoms with Crippen molar-refractivity contribution in [3.8, 4) is 0 Å². The Morgan fingerprint density at radius 3 is 1.03 bits per heavy atom. The quantitative estimate of drug-likeness (QED) is 0.0263. The van der Waals surface area contributed by atoms with Crippen LogP contribution in [0.4, 0.5) is 0 Å². The summed E-state index contributed by atoms with van der Waals surface area (Å²) < 4.78 is 16.7. The molecule has 0 radical (unpaired) electrons. The average Bonchev–Trinajstić information content (AvgIpc) is 3.23. The topological polar surface area (TPSA) is 78.9 Å². The second-order valence-corrected chi connectivity index (χ2v) is 16.4. The van der Waals surface area contributed by atoms with Crippen LogP contribution < -0.4 is 0 Å². The van der Waals surface area contributed by atoms with Gasteiger partial charge < -0.3 is 14.2 Å². The first-order valence-corrected chi connectivity index (χ1v) is 24.8. The molecule has 0 heterocycles. The molecule has 0 bridgehead atoms. The van der Waals surface area contributed by atoms with Crippen LogP contribution in [0.5, 0.6) is 0 Å². The summed E-state index contributed by atoms with van der Waals surface area (Å²) in [5.74, 6) is -0.915. The standard InChI is InChI=1S/C53H92O6/c1-4-7-10-13-16-19-21-23-24-25-26-27-28-30-31-34-37-40-43-46-52(55)58-49-50(48-57-51(54)45-42-39-36-33-18-15-12-9-6-3)59-53(56)47-44-41-38-35-32-29-22-20-17-14-11-8-5-2/h7,10,16,19,23-24,26-27,30-31,50H,4-6,8-9,11-15,17-18,20-22,25,28-29,32-49H2,1-3H3/b10-7-,19-16-,24-23-,27-26-,31-30-/t50-/m1/s1. The van der Waals surface area contributed by atoms with Crippen molar-refractivity contribution < 1.29 is 28.6 Å². The summed E-state index contributed by atoms with van der Waals surface area (Å²) in [6.45, 7) is 6.48. The van der Waals surface area contributed by atoms with E-state index in [1.165, 1.54) is 103 Å². The van der Waals surface area contributed by atoms with Crippen molar-refractivity contribution in [1.29, 1.82) is 0 Å². The molecule has 0 unspecified atom stereocenters. The van der Waals surface area contributed by atoms with Gasteiger partial charge in [-0.15, -0.1) is 0 Å². The van der Waals surface area contributed by atoms with Gasteiger partial charge in [-0.1, -0.05) is 216 Å². The van der Waals surface area contributed by atoms with E-state index in [0.29, 0.717) is 19.3 Å². The molecule has 340 valence electrons. The van der Waals surface area contributed by atoms with Gasteiger partial charge in [0.2, 0.25) is 0 Å². The number of hydrogen-bond acceptors (Lipinski definition) is 6. The van der Waals surface area contributed by atoms with Crippen LogP contribution in [-0.2, 0) is 28.6 Å². The normalized spacial score (nSPS) is 12.5. The molecule has 0 amide bonds. The van der Waals surface area contributed by atoms with Crippen molar-refractivity contribution in [1.82, 2.24) is 0 Å². The van der Waals surface area contributed by atoms with Crippen LogP contribution in [0.3, 0.4) is 0 Å². The van der Waals surface area contributed by atoms with Crippen molar-refractivity contribution in [2.45, 2.75) is 245 Å². The Morgan fingerprint density at radius 2 is 0.661 bits per heavy atom. The minimum atomic E-state index is -0.782. The number of carbonyl (C=O) groups excluding carboxylic acids is 3. The molecule has 0 saturated carbocycles. The molecule has 0 aliphatic rings. The lowest BCUT2D eigenvalue weighted by atomic mass is 10.0. The Hall–Kier alpha value is -2.89. The minimum absolute atomic E-state index is 0.0822. The molecule has 0 saturated heterocycles. The zero-order valence-electron chi connectivity index (χ0n) is 38.8. The summed E-state index contributed by atoms with van der Waals surface area (Å²) in [4.78, 5) is 37.8. The second-order valence-electron chi connectivity index (χ2n) is 16.4. The van der Waals surface area contributed by atoms with Crippen LogP contribution in [0.15, 0.2) is 60.8 Å². The van der Waals surface area contributed by atoms with E-state index in [9.17, 15) is 14.4 Å². The molecule has 59 heavy (non-hydrogen) atoms. The van der Waals surface area contributed by atoms with E-state index < -0.39 is 6.10 Å². The van der Waals surface area contributed by atoms with E-state index in [4.69, 9.17) is 14.2 Å². The third kappa shape index (κ3) is 46.0. The van der Waals surface area contributed by atoms with Crippen LogP contribution in [-0.4, -0.2) is 37.2 Å². The number of carbonyl (C=O) groups is 3. The largest absolute Gasteiger partial charge is 0.462 e. The summed E-state index contributed by atoms with van der Waals surface area (Å²) in [6, 6.07) is 0. The van der Waals surface area contributed by atoms with Crippen molar-refractivity contribution in [2.24, 2.45) is 0 Å². The predicted molar refractivity (Wildman–Crippen MR) is 251 cm³/mol. The fourth-order valence-corrected chi connectivity index (χ4v) is 6.82. The Labute approximate surface area is 364 Å². The highest BCUT2D eigenvalue weighted by atomic mass is 16.6. The van der Waals surface area contributed by atoms with Gasteiger partial charge in [-0.25, -0.2) is 0 Å². The van der Waals surface area contributed by atoms with Crippen LogP contribution in [0, 0.1) is 0 Å². The SMILES string of the molecule is CC/C=C\C/C=C\C/C=C\C/C=C\C/C=C\CCCCCC(=O)OC[C@@H](COC(=O)CCCCCCCCCCC)OC(=O)CCCCCCCCCCCCCCC. The summed E-state index contributed by atoms with van der Waals surface area (Å²) >= 11 is 0. The zero-order valence-corrected chi connectivity index (χ0v) is 38.8. The number of ether oxygens (including phenoxy) is 3. The molecule has 0 rings (SSSR count). The highest BCUT2D eigenvalue weighted by Gasteiger charge is 2.19. The van der Waals surface area contributed by atoms with E-state index in [1.54, 1.807) is 0 Å². The van der Waals surface area contributed by atoms with E-state index in [2.05, 4.69) is 81.5 Å². The van der Waals surface area contributed by atoms with Gasteiger partial charge in [0.15, 0.2) is 6.10 Å². The highest BCUT2D eigenvalue weighted by Crippen LogP contribution is 2.15. The van der Waals surface area contributed by atoms with Gasteiger partial charge in [0, 0.05) is 19.3 Å². The Morgan fingerprint density at radius 1 is 0.356 bits per heavy atom. The van der Waals surface area contributed by atoms with Crippen LogP contribution >= 0.6 is 0 Å². The van der Waals surface area contributed by atoms with Gasteiger partial charge >= 0.3 is 17.9 Å². The van der Waals surface area contributed by atoms with Crippen molar-refractivity contribution in [2.75, 3.05) is 13.2 Å². The fourth-order valence-electron chi connectivity index (χ4n) is 6.82. The maximum absolute atomic E-state index is 12.7. The van der Waals surface area contributed by atoms with Gasteiger partial charge in [-0.3, -0.25) is 14.4 Å². The molecule has 6 nitrogen and oxygen atoms in total. The third-order valence-corrected chi connectivity index (χ3v) is 10.5. The molecule has 0 aromatic heterocycles.